The molecule has 4 rings (SSSR count). The van der Waals surface area contributed by atoms with E-state index in [-0.39, 0.29) is 6.10 Å². The summed E-state index contributed by atoms with van der Waals surface area (Å²) in [5.41, 5.74) is 3.59. The second kappa shape index (κ2) is 6.38. The summed E-state index contributed by atoms with van der Waals surface area (Å²) in [6, 6.07) is 3.80. The number of hydrogen-bond donors (Lipinski definition) is 0. The number of rotatable bonds is 4. The lowest BCUT2D eigenvalue weighted by Crippen LogP contribution is -2.21. The highest BCUT2D eigenvalue weighted by Gasteiger charge is 2.25. The Morgan fingerprint density at radius 3 is 2.88 bits per heavy atom. The fourth-order valence-corrected chi connectivity index (χ4v) is 3.16. The summed E-state index contributed by atoms with van der Waals surface area (Å²) in [7, 11) is 0. The molecule has 4 heterocycles. The fourth-order valence-electron chi connectivity index (χ4n) is 3.16. The van der Waals surface area contributed by atoms with Gasteiger partial charge in [0, 0.05) is 36.0 Å². The summed E-state index contributed by atoms with van der Waals surface area (Å²) >= 11 is 0. The lowest BCUT2D eigenvalue weighted by Gasteiger charge is -2.16. The molecule has 0 unspecified atom stereocenters. The van der Waals surface area contributed by atoms with Gasteiger partial charge in [-0.2, -0.15) is 0 Å². The third-order valence-corrected chi connectivity index (χ3v) is 4.33. The van der Waals surface area contributed by atoms with Crippen molar-refractivity contribution in [2.75, 3.05) is 18.0 Å². The first-order chi connectivity index (χ1) is 12.1. The van der Waals surface area contributed by atoms with Gasteiger partial charge in [0.25, 0.3) is 0 Å². The molecule has 2 aliphatic heterocycles. The molecule has 2 aliphatic rings. The van der Waals surface area contributed by atoms with Crippen molar-refractivity contribution in [3.05, 3.63) is 41.5 Å². The monoisotopic (exact) mass is 341 g/mol. The minimum Gasteiger partial charge on any atom is -0.475 e. The predicted octanol–water partition coefficient (Wildman–Crippen LogP) is 2.56. The minimum absolute atomic E-state index is 0.0572. The van der Waals surface area contributed by atoms with Crippen LogP contribution in [0.4, 0.5) is 10.2 Å². The lowest BCUT2D eigenvalue weighted by atomic mass is 10.1. The van der Waals surface area contributed by atoms with E-state index in [2.05, 4.69) is 19.9 Å². The zero-order chi connectivity index (χ0) is 17.4. The van der Waals surface area contributed by atoms with Gasteiger partial charge in [-0.1, -0.05) is 0 Å². The largest absolute Gasteiger partial charge is 0.475 e. The van der Waals surface area contributed by atoms with Crippen LogP contribution in [0.1, 0.15) is 37.1 Å². The van der Waals surface area contributed by atoms with Gasteiger partial charge in [-0.05, 0) is 20.3 Å². The molecule has 25 heavy (non-hydrogen) atoms. The third-order valence-electron chi connectivity index (χ3n) is 4.33. The molecule has 1 fully saturated rings. The van der Waals surface area contributed by atoms with Crippen LogP contribution in [-0.4, -0.2) is 46.0 Å². The Hall–Kier alpha value is -2.57. The number of ether oxygens (including phenoxy) is 1. The number of anilines is 1. The van der Waals surface area contributed by atoms with Crippen molar-refractivity contribution < 1.29 is 9.13 Å². The van der Waals surface area contributed by atoms with Gasteiger partial charge in [0.1, 0.15) is 18.3 Å². The van der Waals surface area contributed by atoms with Crippen molar-refractivity contribution in [3.63, 3.8) is 0 Å². The van der Waals surface area contributed by atoms with Gasteiger partial charge in [-0.3, -0.25) is 4.99 Å². The molecule has 0 spiro atoms. The van der Waals surface area contributed by atoms with Crippen LogP contribution in [0, 0.1) is 0 Å². The highest BCUT2D eigenvalue weighted by Crippen LogP contribution is 2.27. The zero-order valence-electron chi connectivity index (χ0n) is 14.3. The molecule has 0 amide bonds. The number of hydrogen-bond acceptors (Lipinski definition) is 6. The van der Waals surface area contributed by atoms with Crippen LogP contribution in [0.3, 0.4) is 0 Å². The van der Waals surface area contributed by atoms with Crippen molar-refractivity contribution in [2.24, 2.45) is 4.99 Å². The summed E-state index contributed by atoms with van der Waals surface area (Å²) in [6.07, 6.45) is 3.14. The molecule has 0 aliphatic carbocycles. The van der Waals surface area contributed by atoms with Crippen molar-refractivity contribution in [2.45, 2.75) is 39.1 Å². The van der Waals surface area contributed by atoms with E-state index in [9.17, 15) is 4.39 Å². The molecule has 1 atom stereocenters. The number of pyridine rings is 1. The van der Waals surface area contributed by atoms with E-state index < -0.39 is 6.17 Å². The van der Waals surface area contributed by atoms with Crippen LogP contribution < -0.4 is 9.64 Å². The maximum atomic E-state index is 13.5. The molecule has 0 N–H and O–H groups in total. The third kappa shape index (κ3) is 3.18. The molecule has 6 nitrogen and oxygen atoms in total. The molecule has 0 aromatic carbocycles. The van der Waals surface area contributed by atoms with Crippen LogP contribution in [0.25, 0.3) is 0 Å². The highest BCUT2D eigenvalue weighted by atomic mass is 19.1. The summed E-state index contributed by atoms with van der Waals surface area (Å²) in [4.78, 5) is 19.6. The predicted molar refractivity (Wildman–Crippen MR) is 93.1 cm³/mol. The average molecular weight is 341 g/mol. The number of fused-ring (bicyclic) bond motifs is 1. The van der Waals surface area contributed by atoms with Gasteiger partial charge in [0.05, 0.1) is 30.6 Å². The summed E-state index contributed by atoms with van der Waals surface area (Å²) < 4.78 is 19.2. The van der Waals surface area contributed by atoms with Crippen molar-refractivity contribution in [3.8, 4) is 5.88 Å². The Labute approximate surface area is 145 Å². The molecule has 2 aromatic rings. The average Bonchev–Trinajstić information content (AvgIpc) is 3.20. The Balaban J connectivity index is 1.64. The van der Waals surface area contributed by atoms with E-state index >= 15 is 0 Å². The van der Waals surface area contributed by atoms with Gasteiger partial charge < -0.3 is 9.64 Å². The zero-order valence-corrected chi connectivity index (χ0v) is 14.3. The number of nitrogens with zero attached hydrogens (tertiary/aromatic N) is 5. The lowest BCUT2D eigenvalue weighted by molar-refractivity contribution is 0.232. The Kier molecular flexibility index (Phi) is 4.07. The standard InChI is InChI=1S/C18H20FN5O/c1-11(2)25-17-5-14-12(7-20-17)8-21-18(14)15-6-16(23-10-22-15)24-4-3-13(19)9-24/h5-7,10-11,13H,3-4,8-9H2,1-2H3/t13-/m0/s1. The van der Waals surface area contributed by atoms with Gasteiger partial charge in [-0.25, -0.2) is 19.3 Å². The number of halogens is 1. The first-order valence-corrected chi connectivity index (χ1v) is 8.52. The smallest absolute Gasteiger partial charge is 0.214 e. The minimum atomic E-state index is -0.787. The number of aliphatic imine (C=N–C) groups is 1. The van der Waals surface area contributed by atoms with Gasteiger partial charge >= 0.3 is 0 Å². The number of aromatic nitrogens is 3. The van der Waals surface area contributed by atoms with Gasteiger partial charge in [0.2, 0.25) is 5.88 Å². The molecule has 130 valence electrons. The topological polar surface area (TPSA) is 63.5 Å². The van der Waals surface area contributed by atoms with E-state index in [0.29, 0.717) is 31.9 Å². The molecule has 0 saturated carbocycles. The summed E-state index contributed by atoms with van der Waals surface area (Å²) in [6.45, 7) is 5.58. The van der Waals surface area contributed by atoms with Crippen LogP contribution in [0.5, 0.6) is 5.88 Å². The second-order valence-electron chi connectivity index (χ2n) is 6.60. The fraction of sp³-hybridized carbons (Fsp3) is 0.444. The van der Waals surface area contributed by atoms with Crippen LogP contribution in [0.2, 0.25) is 0 Å². The molecule has 7 heteroatoms. The molecular formula is C18H20FN5O. The van der Waals surface area contributed by atoms with Crippen LogP contribution >= 0.6 is 0 Å². The van der Waals surface area contributed by atoms with Gasteiger partial charge in [0.15, 0.2) is 0 Å². The maximum Gasteiger partial charge on any atom is 0.214 e. The molecule has 2 aromatic heterocycles. The Bertz CT molecular complexity index is 823. The van der Waals surface area contributed by atoms with Gasteiger partial charge in [-0.15, -0.1) is 0 Å². The van der Waals surface area contributed by atoms with E-state index in [1.54, 1.807) is 6.20 Å². The summed E-state index contributed by atoms with van der Waals surface area (Å²) in [5, 5.41) is 0. The van der Waals surface area contributed by atoms with Crippen molar-refractivity contribution in [1.82, 2.24) is 15.0 Å². The Morgan fingerprint density at radius 1 is 1.24 bits per heavy atom. The Morgan fingerprint density at radius 2 is 2.12 bits per heavy atom. The van der Waals surface area contributed by atoms with Crippen LogP contribution in [0.15, 0.2) is 29.6 Å². The highest BCUT2D eigenvalue weighted by molar-refractivity contribution is 6.14. The molecular weight excluding hydrogens is 321 g/mol. The van der Waals surface area contributed by atoms with E-state index in [1.807, 2.05) is 30.9 Å². The first-order valence-electron chi connectivity index (χ1n) is 8.52. The normalized spacial score (nSPS) is 19.3. The van der Waals surface area contributed by atoms with E-state index in [4.69, 9.17) is 4.74 Å². The molecule has 1 saturated heterocycles. The molecule has 0 bridgehead atoms. The maximum absolute atomic E-state index is 13.5. The van der Waals surface area contributed by atoms with Crippen molar-refractivity contribution >= 4 is 11.5 Å². The van der Waals surface area contributed by atoms with E-state index in [0.717, 1.165) is 28.4 Å². The number of alkyl halides is 1. The van der Waals surface area contributed by atoms with E-state index in [1.165, 1.54) is 6.33 Å². The quantitative estimate of drug-likeness (QED) is 0.855. The van der Waals surface area contributed by atoms with Crippen molar-refractivity contribution in [1.29, 1.82) is 0 Å². The second-order valence-corrected chi connectivity index (χ2v) is 6.60. The van der Waals surface area contributed by atoms with Crippen LogP contribution in [-0.2, 0) is 6.54 Å². The first kappa shape index (κ1) is 15.9. The summed E-state index contributed by atoms with van der Waals surface area (Å²) in [5.74, 6) is 1.33. The SMILES string of the molecule is CC(C)Oc1cc2c(cn1)CN=C2c1cc(N2CC[C@H](F)C2)ncn1. The molecule has 0 radical (unpaired) electrons.